The quantitative estimate of drug-likeness (QED) is 0.746. The number of benzene rings is 1. The SMILES string of the molecule is C=CCOc1ccc(CNC2CCN(C3CCCCC3O)CC2)cc1. The Morgan fingerprint density at radius 3 is 2.52 bits per heavy atom. The molecular formula is C21H32N2O2. The van der Waals surface area contributed by atoms with Crippen LogP contribution in [0.1, 0.15) is 44.1 Å². The van der Waals surface area contributed by atoms with Crippen molar-refractivity contribution in [3.63, 3.8) is 0 Å². The molecule has 1 saturated carbocycles. The van der Waals surface area contributed by atoms with Crippen LogP contribution in [0.5, 0.6) is 5.75 Å². The van der Waals surface area contributed by atoms with Crippen molar-refractivity contribution in [2.24, 2.45) is 0 Å². The minimum absolute atomic E-state index is 0.111. The smallest absolute Gasteiger partial charge is 0.119 e. The lowest BCUT2D eigenvalue weighted by molar-refractivity contribution is 0.00714. The molecule has 3 rings (SSSR count). The van der Waals surface area contributed by atoms with Crippen LogP contribution in [-0.4, -0.2) is 47.9 Å². The molecule has 4 heteroatoms. The van der Waals surface area contributed by atoms with Gasteiger partial charge in [0.2, 0.25) is 0 Å². The topological polar surface area (TPSA) is 44.7 Å². The number of nitrogens with one attached hydrogen (secondary N) is 1. The molecule has 0 aromatic heterocycles. The number of aliphatic hydroxyl groups is 1. The Morgan fingerprint density at radius 2 is 1.84 bits per heavy atom. The summed E-state index contributed by atoms with van der Waals surface area (Å²) in [7, 11) is 0. The van der Waals surface area contributed by atoms with Crippen molar-refractivity contribution in [2.45, 2.75) is 63.3 Å². The third kappa shape index (κ3) is 5.30. The first-order chi connectivity index (χ1) is 12.3. The average Bonchev–Trinajstić information content (AvgIpc) is 2.66. The largest absolute Gasteiger partial charge is 0.490 e. The molecule has 138 valence electrons. The number of aliphatic hydroxyl groups excluding tert-OH is 1. The zero-order chi connectivity index (χ0) is 17.5. The van der Waals surface area contributed by atoms with Crippen LogP contribution in [-0.2, 0) is 6.54 Å². The Kier molecular flexibility index (Phi) is 6.91. The Labute approximate surface area is 151 Å². The first kappa shape index (κ1) is 18.4. The predicted octanol–water partition coefficient (Wildman–Crippen LogP) is 3.11. The zero-order valence-corrected chi connectivity index (χ0v) is 15.2. The molecule has 0 radical (unpaired) electrons. The summed E-state index contributed by atoms with van der Waals surface area (Å²) in [5, 5.41) is 13.9. The van der Waals surface area contributed by atoms with Gasteiger partial charge in [0.15, 0.2) is 0 Å². The fraction of sp³-hybridized carbons (Fsp3) is 0.619. The van der Waals surface area contributed by atoms with E-state index < -0.39 is 0 Å². The highest BCUT2D eigenvalue weighted by Gasteiger charge is 2.31. The molecule has 1 saturated heterocycles. The predicted molar refractivity (Wildman–Crippen MR) is 102 cm³/mol. The van der Waals surface area contributed by atoms with Gasteiger partial charge in [0.25, 0.3) is 0 Å². The molecule has 2 unspecified atom stereocenters. The van der Waals surface area contributed by atoms with Crippen molar-refractivity contribution in [2.75, 3.05) is 19.7 Å². The van der Waals surface area contributed by atoms with Crippen molar-refractivity contribution in [3.8, 4) is 5.75 Å². The van der Waals surface area contributed by atoms with Crippen LogP contribution in [0.15, 0.2) is 36.9 Å². The molecule has 1 aromatic rings. The highest BCUT2D eigenvalue weighted by atomic mass is 16.5. The number of hydrogen-bond acceptors (Lipinski definition) is 4. The van der Waals surface area contributed by atoms with Gasteiger partial charge < -0.3 is 15.2 Å². The maximum Gasteiger partial charge on any atom is 0.119 e. The second kappa shape index (κ2) is 9.37. The number of rotatable bonds is 7. The van der Waals surface area contributed by atoms with Crippen molar-refractivity contribution < 1.29 is 9.84 Å². The maximum atomic E-state index is 10.2. The summed E-state index contributed by atoms with van der Waals surface area (Å²) < 4.78 is 5.52. The van der Waals surface area contributed by atoms with Crippen molar-refractivity contribution in [1.82, 2.24) is 10.2 Å². The van der Waals surface area contributed by atoms with Crippen LogP contribution in [0.25, 0.3) is 0 Å². The van der Waals surface area contributed by atoms with E-state index in [2.05, 4.69) is 28.9 Å². The molecule has 0 bridgehead atoms. The third-order valence-corrected chi connectivity index (χ3v) is 5.58. The summed E-state index contributed by atoms with van der Waals surface area (Å²) >= 11 is 0. The Morgan fingerprint density at radius 1 is 1.12 bits per heavy atom. The second-order valence-corrected chi connectivity index (χ2v) is 7.35. The van der Waals surface area contributed by atoms with E-state index in [4.69, 9.17) is 4.74 Å². The van der Waals surface area contributed by atoms with Gasteiger partial charge in [-0.1, -0.05) is 37.6 Å². The molecule has 2 aliphatic rings. The van der Waals surface area contributed by atoms with Crippen LogP contribution in [0, 0.1) is 0 Å². The van der Waals surface area contributed by atoms with Crippen LogP contribution in [0.4, 0.5) is 0 Å². The summed E-state index contributed by atoms with van der Waals surface area (Å²) in [4.78, 5) is 2.52. The lowest BCUT2D eigenvalue weighted by Gasteiger charge is -2.41. The zero-order valence-electron chi connectivity index (χ0n) is 15.2. The molecule has 1 aromatic carbocycles. The number of ether oxygens (including phenoxy) is 1. The summed E-state index contributed by atoms with van der Waals surface area (Å²) in [6, 6.07) is 9.27. The second-order valence-electron chi connectivity index (χ2n) is 7.35. The van der Waals surface area contributed by atoms with Crippen LogP contribution in [0.3, 0.4) is 0 Å². The molecule has 0 amide bonds. The molecule has 4 nitrogen and oxygen atoms in total. The van der Waals surface area contributed by atoms with E-state index in [1.54, 1.807) is 6.08 Å². The first-order valence-electron chi connectivity index (χ1n) is 9.74. The standard InChI is InChI=1S/C21H32N2O2/c1-2-15-25-19-9-7-17(8-10-19)16-22-18-11-13-23(14-12-18)20-5-3-4-6-21(20)24/h2,7-10,18,20-22,24H,1,3-6,11-16H2. The van der Waals surface area contributed by atoms with Gasteiger partial charge in [0, 0.05) is 31.7 Å². The van der Waals surface area contributed by atoms with E-state index in [0.717, 1.165) is 31.8 Å². The average molecular weight is 344 g/mol. The fourth-order valence-corrected chi connectivity index (χ4v) is 4.07. The van der Waals surface area contributed by atoms with E-state index >= 15 is 0 Å². The van der Waals surface area contributed by atoms with Crippen molar-refractivity contribution in [3.05, 3.63) is 42.5 Å². The van der Waals surface area contributed by atoms with Gasteiger partial charge >= 0.3 is 0 Å². The number of hydrogen-bond donors (Lipinski definition) is 2. The molecule has 2 fully saturated rings. The summed E-state index contributed by atoms with van der Waals surface area (Å²) in [6.07, 6.45) is 8.59. The van der Waals surface area contributed by atoms with Gasteiger partial charge in [-0.3, -0.25) is 4.90 Å². The summed E-state index contributed by atoms with van der Waals surface area (Å²) in [5.74, 6) is 0.892. The number of piperidine rings is 1. The molecule has 2 N–H and O–H groups in total. The highest BCUT2D eigenvalue weighted by molar-refractivity contribution is 5.27. The normalized spacial score (nSPS) is 25.6. The van der Waals surface area contributed by atoms with Gasteiger partial charge in [-0.25, -0.2) is 0 Å². The monoisotopic (exact) mass is 344 g/mol. The Balaban J connectivity index is 1.39. The molecular weight excluding hydrogens is 312 g/mol. The minimum atomic E-state index is -0.111. The van der Waals surface area contributed by atoms with Gasteiger partial charge in [0.1, 0.15) is 12.4 Å². The van der Waals surface area contributed by atoms with E-state index in [1.165, 1.54) is 37.7 Å². The number of nitrogens with zero attached hydrogens (tertiary/aromatic N) is 1. The van der Waals surface area contributed by atoms with Crippen LogP contribution < -0.4 is 10.1 Å². The highest BCUT2D eigenvalue weighted by Crippen LogP contribution is 2.26. The summed E-state index contributed by atoms with van der Waals surface area (Å²) in [5.41, 5.74) is 1.29. The number of likely N-dealkylation sites (tertiary alicyclic amines) is 1. The minimum Gasteiger partial charge on any atom is -0.490 e. The Hall–Kier alpha value is -1.36. The van der Waals surface area contributed by atoms with Crippen LogP contribution in [0.2, 0.25) is 0 Å². The summed E-state index contributed by atoms with van der Waals surface area (Å²) in [6.45, 7) is 7.32. The van der Waals surface area contributed by atoms with E-state index in [1.807, 2.05) is 12.1 Å². The molecule has 1 aliphatic heterocycles. The molecule has 0 spiro atoms. The lowest BCUT2D eigenvalue weighted by atomic mass is 9.89. The van der Waals surface area contributed by atoms with Crippen LogP contribution >= 0.6 is 0 Å². The fourth-order valence-electron chi connectivity index (χ4n) is 4.07. The van der Waals surface area contributed by atoms with E-state index in [9.17, 15) is 5.11 Å². The van der Waals surface area contributed by atoms with Gasteiger partial charge in [-0.15, -0.1) is 0 Å². The Bertz CT molecular complexity index is 523. The molecule has 1 aliphatic carbocycles. The lowest BCUT2D eigenvalue weighted by Crippen LogP contribution is -2.51. The maximum absolute atomic E-state index is 10.2. The first-order valence-corrected chi connectivity index (χ1v) is 9.74. The molecule has 1 heterocycles. The molecule has 2 atom stereocenters. The van der Waals surface area contributed by atoms with Crippen molar-refractivity contribution >= 4 is 0 Å². The van der Waals surface area contributed by atoms with Gasteiger partial charge in [0.05, 0.1) is 6.10 Å². The van der Waals surface area contributed by atoms with E-state index in [-0.39, 0.29) is 6.10 Å². The third-order valence-electron chi connectivity index (χ3n) is 5.58. The van der Waals surface area contributed by atoms with Gasteiger partial charge in [-0.05, 0) is 43.4 Å². The van der Waals surface area contributed by atoms with Gasteiger partial charge in [-0.2, -0.15) is 0 Å². The van der Waals surface area contributed by atoms with E-state index in [0.29, 0.717) is 18.7 Å². The van der Waals surface area contributed by atoms with Crippen molar-refractivity contribution in [1.29, 1.82) is 0 Å². The molecule has 25 heavy (non-hydrogen) atoms.